The van der Waals surface area contributed by atoms with Crippen LogP contribution in [0.5, 0.6) is 0 Å². The standard InChI is InChI=1S/C8H12Cl3NO7/c9-8(10,11)7(19)12-6(18)5(17)4(16)3(15)2(14)1-13/h2-5,13-17H,1H2,(H,12,18,19)/t2?,3-,4+,5-/m1/s1. The van der Waals surface area contributed by atoms with Crippen molar-refractivity contribution in [2.24, 2.45) is 0 Å². The topological polar surface area (TPSA) is 147 Å². The van der Waals surface area contributed by atoms with Gasteiger partial charge in [0.2, 0.25) is 0 Å². The Balaban J connectivity index is 4.61. The van der Waals surface area contributed by atoms with Crippen molar-refractivity contribution in [3.63, 3.8) is 0 Å². The molecule has 0 saturated carbocycles. The van der Waals surface area contributed by atoms with Crippen LogP contribution in [0.4, 0.5) is 0 Å². The van der Waals surface area contributed by atoms with Gasteiger partial charge in [0.25, 0.3) is 15.6 Å². The molecule has 4 atom stereocenters. The van der Waals surface area contributed by atoms with Crippen LogP contribution in [0.2, 0.25) is 0 Å². The number of amides is 2. The summed E-state index contributed by atoms with van der Waals surface area (Å²) in [5, 5.41) is 46.9. The summed E-state index contributed by atoms with van der Waals surface area (Å²) in [6, 6.07) is 0. The maximum Gasteiger partial charge on any atom is 0.278 e. The summed E-state index contributed by atoms with van der Waals surface area (Å²) in [5.74, 6) is -2.82. The van der Waals surface area contributed by atoms with E-state index in [-0.39, 0.29) is 0 Å². The molecule has 0 aromatic carbocycles. The molecule has 0 spiro atoms. The summed E-state index contributed by atoms with van der Waals surface area (Å²) in [5.41, 5.74) is 0. The Morgan fingerprint density at radius 1 is 1.05 bits per heavy atom. The summed E-state index contributed by atoms with van der Waals surface area (Å²) in [7, 11) is 0. The SMILES string of the molecule is O=C(NC(=O)C(Cl)(Cl)Cl)[C@H](O)[C@@H](O)[C@H](O)C(O)CO. The van der Waals surface area contributed by atoms with E-state index in [1.165, 1.54) is 5.32 Å². The molecule has 8 nitrogen and oxygen atoms in total. The Hall–Kier alpha value is -0.190. The minimum Gasteiger partial charge on any atom is -0.394 e. The minimum absolute atomic E-state index is 0.917. The highest BCUT2D eigenvalue weighted by atomic mass is 35.6. The Labute approximate surface area is 122 Å². The largest absolute Gasteiger partial charge is 0.394 e. The fraction of sp³-hybridized carbons (Fsp3) is 0.750. The number of halogens is 3. The van der Waals surface area contributed by atoms with Crippen molar-refractivity contribution in [2.75, 3.05) is 6.61 Å². The second-order valence-corrected chi connectivity index (χ2v) is 5.77. The number of aliphatic hydroxyl groups is 5. The molecule has 0 heterocycles. The van der Waals surface area contributed by atoms with E-state index in [0.29, 0.717) is 0 Å². The maximum absolute atomic E-state index is 11.3. The maximum atomic E-state index is 11.3. The monoisotopic (exact) mass is 339 g/mol. The van der Waals surface area contributed by atoms with Crippen molar-refractivity contribution in [1.29, 1.82) is 0 Å². The van der Waals surface area contributed by atoms with Crippen molar-refractivity contribution in [2.45, 2.75) is 28.2 Å². The lowest BCUT2D eigenvalue weighted by Crippen LogP contribution is -2.53. The third-order valence-corrected chi connectivity index (χ3v) is 2.53. The van der Waals surface area contributed by atoms with E-state index in [1.54, 1.807) is 0 Å². The van der Waals surface area contributed by atoms with Crippen LogP contribution >= 0.6 is 34.8 Å². The molecule has 1 unspecified atom stereocenters. The number of alkyl halides is 3. The molecule has 0 radical (unpaired) electrons. The molecule has 0 rings (SSSR count). The smallest absolute Gasteiger partial charge is 0.278 e. The summed E-state index contributed by atoms with van der Waals surface area (Å²) in [6.45, 7) is -0.917. The van der Waals surface area contributed by atoms with Gasteiger partial charge in [-0.05, 0) is 0 Å². The van der Waals surface area contributed by atoms with Crippen molar-refractivity contribution in [1.82, 2.24) is 5.32 Å². The van der Waals surface area contributed by atoms with E-state index in [4.69, 9.17) is 45.0 Å². The van der Waals surface area contributed by atoms with Crippen molar-refractivity contribution >= 4 is 46.6 Å². The van der Waals surface area contributed by atoms with Gasteiger partial charge in [-0.2, -0.15) is 0 Å². The molecule has 19 heavy (non-hydrogen) atoms. The molecule has 6 N–H and O–H groups in total. The van der Waals surface area contributed by atoms with Gasteiger partial charge < -0.3 is 25.5 Å². The van der Waals surface area contributed by atoms with Crippen LogP contribution in [-0.4, -0.2) is 72.2 Å². The lowest BCUT2D eigenvalue weighted by Gasteiger charge is -2.25. The van der Waals surface area contributed by atoms with E-state index >= 15 is 0 Å². The molecule has 0 aliphatic heterocycles. The highest BCUT2D eigenvalue weighted by molar-refractivity contribution is 6.76. The number of imide groups is 1. The lowest BCUT2D eigenvalue weighted by atomic mass is 10.0. The zero-order valence-corrected chi connectivity index (χ0v) is 11.5. The number of hydrogen-bond acceptors (Lipinski definition) is 7. The van der Waals surface area contributed by atoms with Gasteiger partial charge in [-0.15, -0.1) is 0 Å². The first-order valence-corrected chi connectivity index (χ1v) is 5.91. The zero-order valence-electron chi connectivity index (χ0n) is 9.20. The number of carbonyl (C=O) groups is 2. The fourth-order valence-electron chi connectivity index (χ4n) is 0.934. The van der Waals surface area contributed by atoms with Crippen LogP contribution in [-0.2, 0) is 9.59 Å². The average molecular weight is 341 g/mol. The van der Waals surface area contributed by atoms with Crippen molar-refractivity contribution < 1.29 is 35.1 Å². The molecular weight excluding hydrogens is 328 g/mol. The van der Waals surface area contributed by atoms with Gasteiger partial charge in [0.05, 0.1) is 6.61 Å². The molecule has 2 amide bonds. The molecule has 0 saturated heterocycles. The van der Waals surface area contributed by atoms with Crippen LogP contribution in [0.1, 0.15) is 0 Å². The van der Waals surface area contributed by atoms with Gasteiger partial charge in [-0.3, -0.25) is 14.9 Å². The number of aliphatic hydroxyl groups excluding tert-OH is 5. The molecular formula is C8H12Cl3NO7. The number of nitrogens with one attached hydrogen (secondary N) is 1. The van der Waals surface area contributed by atoms with Crippen LogP contribution in [0.15, 0.2) is 0 Å². The second-order valence-electron chi connectivity index (χ2n) is 3.49. The lowest BCUT2D eigenvalue weighted by molar-refractivity contribution is -0.151. The third kappa shape index (κ3) is 5.76. The first-order valence-electron chi connectivity index (χ1n) is 4.77. The Morgan fingerprint density at radius 3 is 1.89 bits per heavy atom. The third-order valence-electron chi connectivity index (χ3n) is 2.02. The average Bonchev–Trinajstić information content (AvgIpc) is 2.33. The summed E-state index contributed by atoms with van der Waals surface area (Å²) in [6.07, 6.45) is -8.26. The highest BCUT2D eigenvalue weighted by Crippen LogP contribution is 2.25. The molecule has 0 aliphatic carbocycles. The summed E-state index contributed by atoms with van der Waals surface area (Å²) >= 11 is 15.4. The molecule has 0 fully saturated rings. The quantitative estimate of drug-likeness (QED) is 0.302. The Morgan fingerprint density at radius 2 is 1.53 bits per heavy atom. The van der Waals surface area contributed by atoms with E-state index in [9.17, 15) is 24.9 Å². The van der Waals surface area contributed by atoms with E-state index in [0.717, 1.165) is 0 Å². The molecule has 0 bridgehead atoms. The molecule has 0 aromatic heterocycles. The number of carbonyl (C=O) groups excluding carboxylic acids is 2. The molecule has 11 heteroatoms. The van der Waals surface area contributed by atoms with Crippen LogP contribution in [0.25, 0.3) is 0 Å². The van der Waals surface area contributed by atoms with Crippen LogP contribution in [0.3, 0.4) is 0 Å². The van der Waals surface area contributed by atoms with Gasteiger partial charge in [-0.25, -0.2) is 0 Å². The minimum atomic E-state index is -2.45. The zero-order chi connectivity index (χ0) is 15.4. The van der Waals surface area contributed by atoms with E-state index in [1.807, 2.05) is 0 Å². The Bertz CT molecular complexity index is 335. The molecule has 0 aromatic rings. The summed E-state index contributed by atoms with van der Waals surface area (Å²) in [4.78, 5) is 22.4. The predicted octanol–water partition coefficient (Wildman–Crippen LogP) is -2.56. The molecule has 0 aliphatic rings. The van der Waals surface area contributed by atoms with Gasteiger partial charge in [0.1, 0.15) is 18.3 Å². The highest BCUT2D eigenvalue weighted by Gasteiger charge is 2.38. The van der Waals surface area contributed by atoms with Gasteiger partial charge in [0, 0.05) is 0 Å². The molecule has 112 valence electrons. The Kier molecular flexibility index (Phi) is 7.48. The summed E-state index contributed by atoms with van der Waals surface area (Å²) < 4.78 is -2.45. The van der Waals surface area contributed by atoms with Gasteiger partial charge in [0.15, 0.2) is 6.10 Å². The number of hydrogen-bond donors (Lipinski definition) is 6. The second kappa shape index (κ2) is 7.55. The van der Waals surface area contributed by atoms with Gasteiger partial charge >= 0.3 is 0 Å². The van der Waals surface area contributed by atoms with Gasteiger partial charge in [-0.1, -0.05) is 34.8 Å². The van der Waals surface area contributed by atoms with Crippen LogP contribution in [0, 0.1) is 0 Å². The normalized spacial score (nSPS) is 18.3. The van der Waals surface area contributed by atoms with Crippen molar-refractivity contribution in [3.8, 4) is 0 Å². The number of rotatable bonds is 5. The van der Waals surface area contributed by atoms with E-state index in [2.05, 4.69) is 0 Å². The first kappa shape index (κ1) is 18.8. The van der Waals surface area contributed by atoms with E-state index < -0.39 is 46.6 Å². The van der Waals surface area contributed by atoms with Crippen molar-refractivity contribution in [3.05, 3.63) is 0 Å². The van der Waals surface area contributed by atoms with Crippen LogP contribution < -0.4 is 5.32 Å². The first-order chi connectivity index (χ1) is 8.52. The fourth-order valence-corrected chi connectivity index (χ4v) is 1.08. The predicted molar refractivity (Wildman–Crippen MR) is 64.6 cm³/mol.